The molecule has 2 N–H and O–H groups in total. The van der Waals surface area contributed by atoms with E-state index < -0.39 is 0 Å². The van der Waals surface area contributed by atoms with Crippen LogP contribution in [0.2, 0.25) is 0 Å². The summed E-state index contributed by atoms with van der Waals surface area (Å²) in [6, 6.07) is 20.9. The summed E-state index contributed by atoms with van der Waals surface area (Å²) in [7, 11) is 1.64. The average molecular weight is 348 g/mol. The number of nitrogens with one attached hydrogen (secondary N) is 2. The van der Waals surface area contributed by atoms with Crippen LogP contribution in [0.4, 0.5) is 11.6 Å². The molecule has 3 rings (SSSR count). The number of anilines is 2. The first-order chi connectivity index (χ1) is 12.7. The lowest BCUT2D eigenvalue weighted by Crippen LogP contribution is -2.15. The summed E-state index contributed by atoms with van der Waals surface area (Å²) in [6.07, 6.45) is 0.306. The summed E-state index contributed by atoms with van der Waals surface area (Å²) < 4.78 is 5.14. The zero-order chi connectivity index (χ0) is 18.2. The lowest BCUT2D eigenvalue weighted by molar-refractivity contribution is -0.115. The molecule has 0 atom stereocenters. The molecular weight excluding hydrogens is 328 g/mol. The first-order valence-electron chi connectivity index (χ1n) is 8.27. The molecule has 0 fully saturated rings. The molecule has 0 aliphatic carbocycles. The summed E-state index contributed by atoms with van der Waals surface area (Å²) in [4.78, 5) is 12.0. The lowest BCUT2D eigenvalue weighted by atomic mass is 10.1. The van der Waals surface area contributed by atoms with E-state index in [9.17, 15) is 4.79 Å². The van der Waals surface area contributed by atoms with Crippen molar-refractivity contribution in [2.75, 3.05) is 17.7 Å². The van der Waals surface area contributed by atoms with Crippen molar-refractivity contribution >= 4 is 17.5 Å². The first-order valence-corrected chi connectivity index (χ1v) is 8.27. The van der Waals surface area contributed by atoms with Gasteiger partial charge < -0.3 is 15.4 Å². The number of hydrogen-bond acceptors (Lipinski definition) is 5. The summed E-state index contributed by atoms with van der Waals surface area (Å²) in [5.74, 6) is 1.77. The predicted octanol–water partition coefficient (Wildman–Crippen LogP) is 3.28. The summed E-state index contributed by atoms with van der Waals surface area (Å²) >= 11 is 0. The molecule has 0 saturated heterocycles. The van der Waals surface area contributed by atoms with Gasteiger partial charge in [-0.3, -0.25) is 4.79 Å². The number of aromatic nitrogens is 2. The van der Waals surface area contributed by atoms with Crippen molar-refractivity contribution in [3.05, 3.63) is 77.9 Å². The average Bonchev–Trinajstić information content (AvgIpc) is 2.68. The van der Waals surface area contributed by atoms with E-state index in [0.29, 0.717) is 24.6 Å². The van der Waals surface area contributed by atoms with Gasteiger partial charge in [-0.15, -0.1) is 10.2 Å². The normalized spacial score (nSPS) is 10.2. The molecule has 2 aromatic carbocycles. The van der Waals surface area contributed by atoms with Gasteiger partial charge in [0.05, 0.1) is 13.5 Å². The summed E-state index contributed by atoms with van der Waals surface area (Å²) in [6.45, 7) is 0.623. The molecule has 1 heterocycles. The van der Waals surface area contributed by atoms with Crippen molar-refractivity contribution < 1.29 is 9.53 Å². The van der Waals surface area contributed by atoms with Gasteiger partial charge in [-0.25, -0.2) is 0 Å². The van der Waals surface area contributed by atoms with Crippen LogP contribution in [-0.4, -0.2) is 23.2 Å². The van der Waals surface area contributed by atoms with Crippen LogP contribution in [0, 0.1) is 0 Å². The quantitative estimate of drug-likeness (QED) is 0.685. The molecule has 0 radical (unpaired) electrons. The predicted molar refractivity (Wildman–Crippen MR) is 101 cm³/mol. The lowest BCUT2D eigenvalue weighted by Gasteiger charge is -2.07. The molecule has 0 saturated carbocycles. The van der Waals surface area contributed by atoms with Gasteiger partial charge in [-0.2, -0.15) is 0 Å². The highest BCUT2D eigenvalue weighted by Crippen LogP contribution is 2.13. The third-order valence-corrected chi connectivity index (χ3v) is 3.77. The highest BCUT2D eigenvalue weighted by atomic mass is 16.5. The van der Waals surface area contributed by atoms with Crippen molar-refractivity contribution in [3.63, 3.8) is 0 Å². The number of methoxy groups -OCH3 is 1. The Bertz CT molecular complexity index is 834. The Kier molecular flexibility index (Phi) is 5.77. The van der Waals surface area contributed by atoms with Crippen molar-refractivity contribution in [1.29, 1.82) is 0 Å². The molecular formula is C20H20N4O2. The Labute approximate surface area is 152 Å². The zero-order valence-electron chi connectivity index (χ0n) is 14.5. The highest BCUT2D eigenvalue weighted by Gasteiger charge is 2.05. The number of benzene rings is 2. The topological polar surface area (TPSA) is 76.1 Å². The van der Waals surface area contributed by atoms with Crippen LogP contribution in [0.1, 0.15) is 11.1 Å². The summed E-state index contributed by atoms with van der Waals surface area (Å²) in [5, 5.41) is 14.1. The molecule has 6 heteroatoms. The fraction of sp³-hybridized carbons (Fsp3) is 0.150. The van der Waals surface area contributed by atoms with Crippen LogP contribution < -0.4 is 15.4 Å². The second-order valence-electron chi connectivity index (χ2n) is 5.72. The molecule has 0 unspecified atom stereocenters. The van der Waals surface area contributed by atoms with Crippen molar-refractivity contribution in [3.8, 4) is 5.75 Å². The van der Waals surface area contributed by atoms with Crippen LogP contribution in [-0.2, 0) is 17.8 Å². The van der Waals surface area contributed by atoms with Gasteiger partial charge in [0.15, 0.2) is 5.82 Å². The summed E-state index contributed by atoms with van der Waals surface area (Å²) in [5.41, 5.74) is 2.06. The number of amides is 1. The van der Waals surface area contributed by atoms with Gasteiger partial charge in [0.1, 0.15) is 11.6 Å². The first kappa shape index (κ1) is 17.4. The number of rotatable bonds is 7. The maximum Gasteiger partial charge on any atom is 0.229 e. The minimum Gasteiger partial charge on any atom is -0.497 e. The maximum atomic E-state index is 12.0. The fourth-order valence-electron chi connectivity index (χ4n) is 2.40. The second-order valence-corrected chi connectivity index (χ2v) is 5.72. The fourth-order valence-corrected chi connectivity index (χ4v) is 2.40. The molecule has 0 spiro atoms. The molecule has 132 valence electrons. The number of carbonyl (C=O) groups is 1. The Morgan fingerprint density at radius 3 is 2.23 bits per heavy atom. The monoisotopic (exact) mass is 348 g/mol. The van der Waals surface area contributed by atoms with Crippen molar-refractivity contribution in [2.24, 2.45) is 0 Å². The van der Waals surface area contributed by atoms with Gasteiger partial charge in [0, 0.05) is 6.54 Å². The largest absolute Gasteiger partial charge is 0.497 e. The molecule has 6 nitrogen and oxygen atoms in total. The Hall–Kier alpha value is -3.41. The van der Waals surface area contributed by atoms with E-state index in [2.05, 4.69) is 20.8 Å². The third-order valence-electron chi connectivity index (χ3n) is 3.77. The standard InChI is InChI=1S/C20H20N4O2/c1-26-17-9-7-16(8-10-17)14-21-18-11-12-19(24-23-18)22-20(25)13-15-5-3-2-4-6-15/h2-12H,13-14H2,1H3,(H,21,23)(H,22,24,25). The van der Waals surface area contributed by atoms with Crippen LogP contribution in [0.3, 0.4) is 0 Å². The van der Waals surface area contributed by atoms with Crippen LogP contribution in [0.25, 0.3) is 0 Å². The van der Waals surface area contributed by atoms with E-state index in [1.54, 1.807) is 19.2 Å². The second kappa shape index (κ2) is 8.62. The highest BCUT2D eigenvalue weighted by molar-refractivity contribution is 5.91. The van der Waals surface area contributed by atoms with Crippen LogP contribution in [0.15, 0.2) is 66.7 Å². The maximum absolute atomic E-state index is 12.0. The number of nitrogens with zero attached hydrogens (tertiary/aromatic N) is 2. The number of hydrogen-bond donors (Lipinski definition) is 2. The van der Waals surface area contributed by atoms with Gasteiger partial charge >= 0.3 is 0 Å². The molecule has 1 amide bonds. The van der Waals surface area contributed by atoms with E-state index in [1.807, 2.05) is 54.6 Å². The smallest absolute Gasteiger partial charge is 0.229 e. The van der Waals surface area contributed by atoms with Gasteiger partial charge in [-0.1, -0.05) is 42.5 Å². The zero-order valence-corrected chi connectivity index (χ0v) is 14.5. The molecule has 0 aliphatic heterocycles. The van der Waals surface area contributed by atoms with E-state index >= 15 is 0 Å². The Balaban J connectivity index is 1.50. The molecule has 3 aromatic rings. The molecule has 0 aliphatic rings. The minimum absolute atomic E-state index is 0.121. The molecule has 0 bridgehead atoms. The van der Waals surface area contributed by atoms with E-state index in [4.69, 9.17) is 4.74 Å². The van der Waals surface area contributed by atoms with E-state index in [-0.39, 0.29) is 5.91 Å². The van der Waals surface area contributed by atoms with Gasteiger partial charge in [-0.05, 0) is 35.4 Å². The van der Waals surface area contributed by atoms with Crippen LogP contribution >= 0.6 is 0 Å². The van der Waals surface area contributed by atoms with Gasteiger partial charge in [0.25, 0.3) is 0 Å². The Morgan fingerprint density at radius 2 is 1.58 bits per heavy atom. The SMILES string of the molecule is COc1ccc(CNc2ccc(NC(=O)Cc3ccccc3)nn2)cc1. The Morgan fingerprint density at radius 1 is 0.885 bits per heavy atom. The number of carbonyl (C=O) groups excluding carboxylic acids is 1. The van der Waals surface area contributed by atoms with Crippen LogP contribution in [0.5, 0.6) is 5.75 Å². The van der Waals surface area contributed by atoms with Crippen molar-refractivity contribution in [1.82, 2.24) is 10.2 Å². The number of ether oxygens (including phenoxy) is 1. The molecule has 1 aromatic heterocycles. The van der Waals surface area contributed by atoms with E-state index in [0.717, 1.165) is 16.9 Å². The van der Waals surface area contributed by atoms with E-state index in [1.165, 1.54) is 0 Å². The molecule has 26 heavy (non-hydrogen) atoms. The third kappa shape index (κ3) is 5.04. The minimum atomic E-state index is -0.121. The van der Waals surface area contributed by atoms with Crippen molar-refractivity contribution in [2.45, 2.75) is 13.0 Å². The van der Waals surface area contributed by atoms with Gasteiger partial charge in [0.2, 0.25) is 5.91 Å².